The molecule has 7 rings (SSSR count). The number of ether oxygens (including phenoxy) is 7. The Labute approximate surface area is 277 Å². The predicted octanol–water partition coefficient (Wildman–Crippen LogP) is 1.85. The van der Waals surface area contributed by atoms with Gasteiger partial charge in [-0.25, -0.2) is 0 Å². The first-order valence-corrected chi connectivity index (χ1v) is 17.8. The fourth-order valence-electron chi connectivity index (χ4n) is 11.9. The van der Waals surface area contributed by atoms with Crippen LogP contribution in [0, 0.1) is 28.6 Å². The number of hydrogen-bond donors (Lipinski definition) is 4. The van der Waals surface area contributed by atoms with Crippen molar-refractivity contribution in [2.24, 2.45) is 28.6 Å². The third-order valence-corrected chi connectivity index (χ3v) is 14.3. The van der Waals surface area contributed by atoms with Crippen molar-refractivity contribution in [2.75, 3.05) is 14.2 Å². The number of epoxide rings is 1. The summed E-state index contributed by atoms with van der Waals surface area (Å²) in [5.41, 5.74) is -2.07. The fraction of sp³-hybridized carbons (Fsp3) is 0.971. The monoisotopic (exact) mass is 668 g/mol. The van der Waals surface area contributed by atoms with Gasteiger partial charge in [-0.2, -0.15) is 0 Å². The first-order chi connectivity index (χ1) is 22.2. The van der Waals surface area contributed by atoms with Crippen LogP contribution in [-0.2, 0) is 38.0 Å². The number of fused-ring (bicyclic) bond motifs is 2. The molecule has 12 heteroatoms. The SMILES string of the molecule is CO[C@H]1[C@@H](O)[C@H](O[C@@H]2[C@@H](C)O[C@@H](O[C@@H]3CC[C@@]4(C)C(CC[C@@]56O[C@@]57CC[C@H](C(C)=O)[C@@]7(C)[C@H](O)[C@@H](O)[C@H]46)C3)C[C@H]2OC)O[C@H](C)[C@H]1O. The number of aliphatic hydroxyl groups excluding tert-OH is 4. The molecule has 7 fully saturated rings. The molecule has 47 heavy (non-hydrogen) atoms. The lowest BCUT2D eigenvalue weighted by atomic mass is 9.43. The molecular formula is C35H56O12. The van der Waals surface area contributed by atoms with Crippen LogP contribution < -0.4 is 0 Å². The summed E-state index contributed by atoms with van der Waals surface area (Å²) in [5.74, 6) is -0.163. The Morgan fingerprint density at radius 3 is 2.23 bits per heavy atom. The van der Waals surface area contributed by atoms with Gasteiger partial charge in [0, 0.05) is 37.9 Å². The highest BCUT2D eigenvalue weighted by Crippen LogP contribution is 2.81. The minimum atomic E-state index is -1.19. The lowest BCUT2D eigenvalue weighted by Gasteiger charge is -2.61. The van der Waals surface area contributed by atoms with Gasteiger partial charge in [0.25, 0.3) is 0 Å². The van der Waals surface area contributed by atoms with Crippen molar-refractivity contribution in [3.05, 3.63) is 0 Å². The smallest absolute Gasteiger partial charge is 0.187 e. The molecule has 12 nitrogen and oxygen atoms in total. The average Bonchev–Trinajstić information content (AvgIpc) is 3.57. The lowest BCUT2D eigenvalue weighted by molar-refractivity contribution is -0.343. The molecule has 1 unspecified atom stereocenters. The molecule has 2 spiro atoms. The van der Waals surface area contributed by atoms with E-state index in [0.717, 1.165) is 38.5 Å². The summed E-state index contributed by atoms with van der Waals surface area (Å²) in [5, 5.41) is 44.7. The second-order valence-electron chi connectivity index (χ2n) is 16.3. The van der Waals surface area contributed by atoms with Gasteiger partial charge in [0.2, 0.25) is 0 Å². The van der Waals surface area contributed by atoms with Gasteiger partial charge in [0.05, 0.1) is 36.6 Å². The zero-order valence-electron chi connectivity index (χ0n) is 28.9. The van der Waals surface area contributed by atoms with Crippen molar-refractivity contribution in [1.29, 1.82) is 0 Å². The summed E-state index contributed by atoms with van der Waals surface area (Å²) < 4.78 is 43.0. The first-order valence-electron chi connectivity index (χ1n) is 17.8. The van der Waals surface area contributed by atoms with E-state index in [4.69, 9.17) is 33.2 Å². The molecule has 3 saturated heterocycles. The molecule has 19 atom stereocenters. The van der Waals surface area contributed by atoms with E-state index in [1.165, 1.54) is 7.11 Å². The maximum atomic E-state index is 12.7. The highest BCUT2D eigenvalue weighted by atomic mass is 16.7. The Bertz CT molecular complexity index is 1200. The zero-order chi connectivity index (χ0) is 33.8. The molecule has 0 amide bonds. The molecule has 4 N–H and O–H groups in total. The molecule has 0 aromatic carbocycles. The largest absolute Gasteiger partial charge is 0.390 e. The Kier molecular flexibility index (Phi) is 8.78. The molecule has 4 saturated carbocycles. The number of carbonyl (C=O) groups is 1. The van der Waals surface area contributed by atoms with Gasteiger partial charge in [-0.15, -0.1) is 0 Å². The molecule has 3 heterocycles. The van der Waals surface area contributed by atoms with E-state index in [1.807, 2.05) is 13.8 Å². The second kappa shape index (κ2) is 11.9. The zero-order valence-corrected chi connectivity index (χ0v) is 28.9. The summed E-state index contributed by atoms with van der Waals surface area (Å²) in [6.45, 7) is 9.45. The Morgan fingerprint density at radius 2 is 1.55 bits per heavy atom. The minimum Gasteiger partial charge on any atom is -0.390 e. The van der Waals surface area contributed by atoms with E-state index in [9.17, 15) is 25.2 Å². The minimum absolute atomic E-state index is 0.0406. The Hall–Kier alpha value is -0.770. The van der Waals surface area contributed by atoms with Gasteiger partial charge in [0.1, 0.15) is 41.4 Å². The maximum Gasteiger partial charge on any atom is 0.187 e. The quantitative estimate of drug-likeness (QED) is 0.230. The number of rotatable bonds is 7. The standard InChI is InChI=1S/C35H56O12/c1-16(36)21-10-13-35-33(21,5)30(40)26(39)29-32(4)11-9-20(14-19(32)8-12-34(29,35)47-35)45-23-15-22(41-6)27(18(3)43-23)46-31-25(38)28(42-7)24(37)17(2)44-31/h17-31,37-40H,8-15H2,1-7H3/t17-,18-,19?,20-,21-,22-,23+,24-,25-,26+,27-,28-,29-,30-,31+,32+,33+,34+,35-/m1/s1. The highest BCUT2D eigenvalue weighted by Gasteiger charge is 2.90. The fourth-order valence-corrected chi connectivity index (χ4v) is 11.9. The van der Waals surface area contributed by atoms with Crippen molar-refractivity contribution in [3.63, 3.8) is 0 Å². The number of hydrogen-bond acceptors (Lipinski definition) is 12. The number of methoxy groups -OCH3 is 2. The summed E-state index contributed by atoms with van der Waals surface area (Å²) in [4.78, 5) is 12.7. The molecule has 268 valence electrons. The van der Waals surface area contributed by atoms with Crippen LogP contribution in [0.25, 0.3) is 0 Å². The van der Waals surface area contributed by atoms with Gasteiger partial charge in [-0.1, -0.05) is 13.8 Å². The third kappa shape index (κ3) is 4.76. The normalized spacial score (nSPS) is 58.6. The molecule has 0 radical (unpaired) electrons. The maximum absolute atomic E-state index is 12.7. The van der Waals surface area contributed by atoms with Crippen LogP contribution in [-0.4, -0.2) is 125 Å². The van der Waals surface area contributed by atoms with Gasteiger partial charge in [-0.3, -0.25) is 4.79 Å². The van der Waals surface area contributed by atoms with E-state index >= 15 is 0 Å². The van der Waals surface area contributed by atoms with Crippen LogP contribution in [0.1, 0.15) is 86.0 Å². The number of Topliss-reactive ketones (excluding diaryl/α,β-unsaturated/α-hetero) is 1. The summed E-state index contributed by atoms with van der Waals surface area (Å²) in [6.07, 6.45) is -2.44. The van der Waals surface area contributed by atoms with Crippen LogP contribution in [0.5, 0.6) is 0 Å². The molecule has 0 aromatic heterocycles. The molecule has 0 bridgehead atoms. The molecule has 7 aliphatic rings. The third-order valence-electron chi connectivity index (χ3n) is 14.3. The predicted molar refractivity (Wildman–Crippen MR) is 165 cm³/mol. The summed E-state index contributed by atoms with van der Waals surface area (Å²) in [6, 6.07) is 0. The van der Waals surface area contributed by atoms with Gasteiger partial charge >= 0.3 is 0 Å². The van der Waals surface area contributed by atoms with Crippen LogP contribution in [0.4, 0.5) is 0 Å². The van der Waals surface area contributed by atoms with E-state index in [2.05, 4.69) is 6.92 Å². The van der Waals surface area contributed by atoms with Crippen molar-refractivity contribution >= 4 is 5.78 Å². The van der Waals surface area contributed by atoms with Crippen molar-refractivity contribution in [1.82, 2.24) is 0 Å². The molecule has 4 aliphatic carbocycles. The Morgan fingerprint density at radius 1 is 0.809 bits per heavy atom. The summed E-state index contributed by atoms with van der Waals surface area (Å²) in [7, 11) is 3.05. The van der Waals surface area contributed by atoms with Gasteiger partial charge < -0.3 is 53.6 Å². The van der Waals surface area contributed by atoms with Gasteiger partial charge in [0.15, 0.2) is 12.6 Å². The van der Waals surface area contributed by atoms with Crippen molar-refractivity contribution in [2.45, 2.75) is 171 Å². The first kappa shape index (κ1) is 34.7. The van der Waals surface area contributed by atoms with Gasteiger partial charge in [-0.05, 0) is 77.0 Å². The number of carbonyl (C=O) groups excluding carboxylic acids is 1. The molecule has 3 aliphatic heterocycles. The van der Waals surface area contributed by atoms with E-state index < -0.39 is 78.0 Å². The van der Waals surface area contributed by atoms with Crippen LogP contribution >= 0.6 is 0 Å². The molecular weight excluding hydrogens is 612 g/mol. The second-order valence-corrected chi connectivity index (χ2v) is 16.3. The average molecular weight is 669 g/mol. The van der Waals surface area contributed by atoms with E-state index in [0.29, 0.717) is 12.8 Å². The summed E-state index contributed by atoms with van der Waals surface area (Å²) >= 11 is 0. The lowest BCUT2D eigenvalue weighted by Crippen LogP contribution is -2.69. The van der Waals surface area contributed by atoms with Crippen molar-refractivity contribution < 1.29 is 58.4 Å². The topological polar surface area (TPSA) is 166 Å². The van der Waals surface area contributed by atoms with Crippen molar-refractivity contribution in [3.8, 4) is 0 Å². The highest BCUT2D eigenvalue weighted by molar-refractivity contribution is 5.80. The Balaban J connectivity index is 1.01. The van der Waals surface area contributed by atoms with Crippen LogP contribution in [0.2, 0.25) is 0 Å². The number of aliphatic hydroxyl groups is 4. The number of ketones is 1. The van der Waals surface area contributed by atoms with E-state index in [1.54, 1.807) is 21.0 Å². The van der Waals surface area contributed by atoms with E-state index in [-0.39, 0.29) is 41.2 Å². The van der Waals surface area contributed by atoms with Crippen LogP contribution in [0.3, 0.4) is 0 Å². The van der Waals surface area contributed by atoms with Crippen LogP contribution in [0.15, 0.2) is 0 Å². The molecule has 0 aromatic rings.